The van der Waals surface area contributed by atoms with Gasteiger partial charge >= 0.3 is 12.0 Å². The van der Waals surface area contributed by atoms with Crippen molar-refractivity contribution in [3.63, 3.8) is 0 Å². The minimum atomic E-state index is -0.833. The lowest BCUT2D eigenvalue weighted by Crippen LogP contribution is -2.50. The minimum Gasteiger partial charge on any atom is -0.493 e. The van der Waals surface area contributed by atoms with Crippen LogP contribution in [0.4, 0.5) is 4.79 Å². The Kier molecular flexibility index (Phi) is 13.7. The second-order valence-electron chi connectivity index (χ2n) is 9.86. The molecule has 0 bridgehead atoms. The molecule has 0 heterocycles. The topological polar surface area (TPSA) is 76.7 Å². The SMILES string of the molecule is C=C(CC[C@H](NC(=O)NC(CC)C(=C)/C=C\C=C(\I)CC)C(=O)OC(C)(C)C)OC(C)(C)C. The summed E-state index contributed by atoms with van der Waals surface area (Å²) in [5.41, 5.74) is -0.262. The molecule has 0 aliphatic carbocycles. The Balaban J connectivity index is 5.23. The largest absolute Gasteiger partial charge is 0.493 e. The van der Waals surface area contributed by atoms with Crippen LogP contribution in [0.3, 0.4) is 0 Å². The predicted octanol–water partition coefficient (Wildman–Crippen LogP) is 6.72. The fourth-order valence-corrected chi connectivity index (χ4v) is 2.94. The van der Waals surface area contributed by atoms with Crippen LogP contribution in [0.1, 0.15) is 81.1 Å². The van der Waals surface area contributed by atoms with Crippen LogP contribution in [0.15, 0.2) is 46.3 Å². The van der Waals surface area contributed by atoms with Crippen LogP contribution in [-0.4, -0.2) is 35.3 Å². The number of urea groups is 1. The third-order valence-corrected chi connectivity index (χ3v) is 5.37. The number of halogens is 1. The lowest BCUT2D eigenvalue weighted by molar-refractivity contribution is -0.157. The number of carbonyl (C=O) groups excluding carboxylic acids is 2. The number of nitrogens with one attached hydrogen (secondary N) is 2. The number of rotatable bonds is 12. The molecule has 0 aliphatic heterocycles. The fourth-order valence-electron chi connectivity index (χ4n) is 2.74. The van der Waals surface area contributed by atoms with Crippen LogP contribution < -0.4 is 10.6 Å². The zero-order valence-corrected chi connectivity index (χ0v) is 23.8. The highest BCUT2D eigenvalue weighted by Crippen LogP contribution is 2.18. The van der Waals surface area contributed by atoms with Gasteiger partial charge in [-0.1, -0.05) is 45.2 Å². The Morgan fingerprint density at radius 2 is 1.52 bits per heavy atom. The molecule has 0 fully saturated rings. The van der Waals surface area contributed by atoms with Crippen molar-refractivity contribution in [2.24, 2.45) is 0 Å². The maximum absolute atomic E-state index is 12.7. The van der Waals surface area contributed by atoms with E-state index in [0.29, 0.717) is 25.0 Å². The van der Waals surface area contributed by atoms with Crippen molar-refractivity contribution in [1.82, 2.24) is 10.6 Å². The molecule has 2 amide bonds. The van der Waals surface area contributed by atoms with Gasteiger partial charge in [0.25, 0.3) is 0 Å². The highest BCUT2D eigenvalue weighted by Gasteiger charge is 2.28. The summed E-state index contributed by atoms with van der Waals surface area (Å²) in [6.07, 6.45) is 8.20. The smallest absolute Gasteiger partial charge is 0.329 e. The number of ether oxygens (including phenoxy) is 2. The van der Waals surface area contributed by atoms with E-state index < -0.39 is 23.6 Å². The molecule has 2 atom stereocenters. The lowest BCUT2D eigenvalue weighted by atomic mass is 10.1. The van der Waals surface area contributed by atoms with E-state index in [0.717, 1.165) is 12.0 Å². The number of hydrogen-bond donors (Lipinski definition) is 2. The first-order valence-corrected chi connectivity index (χ1v) is 12.5. The Labute approximate surface area is 214 Å². The Bertz CT molecular complexity index is 742. The van der Waals surface area contributed by atoms with Gasteiger partial charge in [-0.05, 0) is 92.5 Å². The van der Waals surface area contributed by atoms with Crippen LogP contribution >= 0.6 is 22.6 Å². The van der Waals surface area contributed by atoms with Gasteiger partial charge in [-0.3, -0.25) is 0 Å². The third-order valence-electron chi connectivity index (χ3n) is 4.25. The lowest BCUT2D eigenvalue weighted by Gasteiger charge is -2.27. The van der Waals surface area contributed by atoms with Crippen molar-refractivity contribution < 1.29 is 19.1 Å². The van der Waals surface area contributed by atoms with Crippen LogP contribution in [0.2, 0.25) is 0 Å². The molecule has 0 spiro atoms. The summed E-state index contributed by atoms with van der Waals surface area (Å²) in [5.74, 6) is 0.0604. The molecule has 33 heavy (non-hydrogen) atoms. The van der Waals surface area contributed by atoms with Crippen molar-refractivity contribution in [2.45, 2.75) is 104 Å². The molecule has 0 saturated heterocycles. The number of esters is 1. The van der Waals surface area contributed by atoms with Crippen molar-refractivity contribution in [3.8, 4) is 0 Å². The molecule has 0 rings (SSSR count). The molecular formula is C26H43IN2O4. The first kappa shape index (κ1) is 31.2. The van der Waals surface area contributed by atoms with Gasteiger partial charge in [-0.15, -0.1) is 0 Å². The summed E-state index contributed by atoms with van der Waals surface area (Å²) >= 11 is 2.29. The van der Waals surface area contributed by atoms with E-state index >= 15 is 0 Å². The normalized spacial score (nSPS) is 14.4. The van der Waals surface area contributed by atoms with E-state index in [1.54, 1.807) is 20.8 Å². The molecule has 7 heteroatoms. The van der Waals surface area contributed by atoms with E-state index in [2.05, 4.69) is 53.3 Å². The van der Waals surface area contributed by atoms with E-state index in [1.807, 2.05) is 45.9 Å². The second-order valence-corrected chi connectivity index (χ2v) is 11.2. The summed E-state index contributed by atoms with van der Waals surface area (Å²) in [4.78, 5) is 25.5. The van der Waals surface area contributed by atoms with Gasteiger partial charge in [0, 0.05) is 6.42 Å². The number of hydrogen-bond acceptors (Lipinski definition) is 4. The third kappa shape index (κ3) is 15.7. The van der Waals surface area contributed by atoms with Gasteiger partial charge < -0.3 is 20.1 Å². The number of carbonyl (C=O) groups is 2. The maximum Gasteiger partial charge on any atom is 0.329 e. The minimum absolute atomic E-state index is 0.257. The zero-order chi connectivity index (χ0) is 25.8. The molecule has 0 aromatic heterocycles. The fraction of sp³-hybridized carbons (Fsp3) is 0.615. The Morgan fingerprint density at radius 1 is 0.970 bits per heavy atom. The molecule has 188 valence electrons. The Hall–Kier alpha value is -1.77. The molecule has 0 aliphatic rings. The van der Waals surface area contributed by atoms with E-state index in [1.165, 1.54) is 3.58 Å². The zero-order valence-electron chi connectivity index (χ0n) is 21.6. The van der Waals surface area contributed by atoms with Crippen molar-refractivity contribution in [1.29, 1.82) is 0 Å². The van der Waals surface area contributed by atoms with Crippen molar-refractivity contribution >= 4 is 34.6 Å². The first-order chi connectivity index (χ1) is 15.1. The van der Waals surface area contributed by atoms with E-state index in [4.69, 9.17) is 9.47 Å². The van der Waals surface area contributed by atoms with Gasteiger partial charge in [0.05, 0.1) is 11.8 Å². The highest BCUT2D eigenvalue weighted by atomic mass is 127. The average Bonchev–Trinajstić information content (AvgIpc) is 2.66. The molecule has 0 radical (unpaired) electrons. The van der Waals surface area contributed by atoms with Crippen LogP contribution in [0.5, 0.6) is 0 Å². The van der Waals surface area contributed by atoms with Crippen molar-refractivity contribution in [2.75, 3.05) is 0 Å². The summed E-state index contributed by atoms with van der Waals surface area (Å²) in [6, 6.07) is -1.54. The van der Waals surface area contributed by atoms with Crippen LogP contribution in [-0.2, 0) is 14.3 Å². The van der Waals surface area contributed by atoms with Crippen LogP contribution in [0, 0.1) is 0 Å². The van der Waals surface area contributed by atoms with E-state index in [-0.39, 0.29) is 11.6 Å². The van der Waals surface area contributed by atoms with Gasteiger partial charge in [0.1, 0.15) is 17.2 Å². The predicted molar refractivity (Wildman–Crippen MR) is 145 cm³/mol. The molecule has 2 N–H and O–H groups in total. The van der Waals surface area contributed by atoms with Gasteiger partial charge in [0.2, 0.25) is 0 Å². The van der Waals surface area contributed by atoms with Gasteiger partial charge in [-0.2, -0.15) is 0 Å². The molecular weight excluding hydrogens is 531 g/mol. The first-order valence-electron chi connectivity index (χ1n) is 11.5. The van der Waals surface area contributed by atoms with Crippen LogP contribution in [0.25, 0.3) is 0 Å². The number of amides is 2. The quantitative estimate of drug-likeness (QED) is 0.117. The number of allylic oxidation sites excluding steroid dienone is 4. The van der Waals surface area contributed by atoms with Gasteiger partial charge in [-0.25, -0.2) is 9.59 Å². The summed E-state index contributed by atoms with van der Waals surface area (Å²) < 4.78 is 12.5. The second kappa shape index (κ2) is 14.5. The summed E-state index contributed by atoms with van der Waals surface area (Å²) in [7, 11) is 0. The standard InChI is InChI=1S/C26H43IN2O4/c1-11-20(27)15-13-14-18(3)21(12-2)28-24(31)29-22(23(30)33-26(8,9)10)17-16-19(4)32-25(5,6)7/h13-15,21-22H,3-4,11-12,16-17H2,1-2,5-10H3,(H2,28,29,31)/b14-13-,20-15+/t21?,22-/m0/s1. The molecule has 1 unspecified atom stereocenters. The van der Waals surface area contributed by atoms with Crippen molar-refractivity contribution in [3.05, 3.63) is 46.3 Å². The molecule has 0 aromatic carbocycles. The molecule has 0 saturated carbocycles. The Morgan fingerprint density at radius 3 is 2.00 bits per heavy atom. The average molecular weight is 575 g/mol. The summed E-state index contributed by atoms with van der Waals surface area (Å²) in [6.45, 7) is 23.2. The maximum atomic E-state index is 12.7. The van der Waals surface area contributed by atoms with Gasteiger partial charge in [0.15, 0.2) is 0 Å². The summed E-state index contributed by atoms with van der Waals surface area (Å²) in [5, 5.41) is 5.67. The highest BCUT2D eigenvalue weighted by molar-refractivity contribution is 14.1. The molecule has 6 nitrogen and oxygen atoms in total. The molecule has 0 aromatic rings. The monoisotopic (exact) mass is 574 g/mol. The van der Waals surface area contributed by atoms with E-state index in [9.17, 15) is 9.59 Å².